The number of aromatic hydroxyl groups is 1. The van der Waals surface area contributed by atoms with Crippen LogP contribution in [-0.4, -0.2) is 38.6 Å². The third-order valence-corrected chi connectivity index (χ3v) is 17.8. The van der Waals surface area contributed by atoms with Gasteiger partial charge in [-0.15, -0.1) is 11.3 Å². The molecule has 0 aliphatic heterocycles. The summed E-state index contributed by atoms with van der Waals surface area (Å²) in [6.07, 6.45) is 14.8. The molecule has 1 radical (unpaired) electrons. The van der Waals surface area contributed by atoms with Crippen LogP contribution in [0.2, 0.25) is 0 Å². The number of para-hydroxylation sites is 1. The predicted molar refractivity (Wildman–Crippen MR) is 203 cm³/mol. The minimum absolute atomic E-state index is 0. The summed E-state index contributed by atoms with van der Waals surface area (Å²) in [5.74, 6) is -3.34. The second kappa shape index (κ2) is 16.9. The van der Waals surface area contributed by atoms with Gasteiger partial charge in [0.1, 0.15) is 11.3 Å². The Hall–Kier alpha value is -1.84. The Balaban J connectivity index is 0.000000192. The zero-order chi connectivity index (χ0) is 35.8. The second-order valence-electron chi connectivity index (χ2n) is 14.6. The topological polar surface area (TPSA) is 76.4 Å². The Labute approximate surface area is 347 Å². The standard InChI is InChI=1S/C23H12F3NO3S.C18H33OP.Eu/c24-23(25,26)21(29)17-19(28)15-11-10-14-13-8-4-5-9-16(13)31-20(14)18(15)27(22(17)30)12-6-2-1-3-7-12;19-20(16-10-4-1-5-11-16,17-12-6-2-7-13-17)18-14-8-3-9-15-18;/h1-11,28H;16-18H,1-15H2;. The first-order valence-electron chi connectivity index (χ1n) is 18.6. The fourth-order valence-corrected chi connectivity index (χ4v) is 15.7. The van der Waals surface area contributed by atoms with Crippen LogP contribution in [0.4, 0.5) is 13.2 Å². The Kier molecular flexibility index (Phi) is 12.9. The van der Waals surface area contributed by atoms with Gasteiger partial charge in [-0.1, -0.05) is 100 Å². The number of halogens is 3. The molecule has 2 heterocycles. The van der Waals surface area contributed by atoms with Crippen LogP contribution >= 0.6 is 18.5 Å². The van der Waals surface area contributed by atoms with Gasteiger partial charge in [0.25, 0.3) is 11.3 Å². The number of carbonyl (C=O) groups excluding carboxylic acids is 1. The first-order valence-corrected chi connectivity index (χ1v) is 21.3. The molecule has 3 aliphatic carbocycles. The molecule has 0 saturated heterocycles. The van der Waals surface area contributed by atoms with E-state index >= 15 is 0 Å². The van der Waals surface area contributed by atoms with Gasteiger partial charge in [0.15, 0.2) is 0 Å². The fourth-order valence-electron chi connectivity index (χ4n) is 9.16. The Morgan fingerprint density at radius 1 is 0.692 bits per heavy atom. The molecular weight excluding hydrogens is 842 g/mol. The number of thiophene rings is 1. The molecule has 5 nitrogen and oxygen atoms in total. The van der Waals surface area contributed by atoms with E-state index in [0.717, 1.165) is 20.0 Å². The molecule has 3 aliphatic rings. The number of hydrogen-bond donors (Lipinski definition) is 1. The third kappa shape index (κ3) is 7.67. The summed E-state index contributed by atoms with van der Waals surface area (Å²) >= 11 is 1.36. The minimum Gasteiger partial charge on any atom is -0.506 e. The summed E-state index contributed by atoms with van der Waals surface area (Å²) in [6, 6.07) is 18.8. The first kappa shape index (κ1) is 39.8. The number of carbonyl (C=O) groups is 1. The molecule has 3 aromatic carbocycles. The van der Waals surface area contributed by atoms with Crippen molar-refractivity contribution in [2.24, 2.45) is 0 Å². The van der Waals surface area contributed by atoms with Crippen molar-refractivity contribution in [2.75, 3.05) is 0 Å². The molecular formula is C41H45EuF3NO4PS. The summed E-state index contributed by atoms with van der Waals surface area (Å²) < 4.78 is 56.5. The maximum atomic E-state index is 14.3. The molecule has 3 fully saturated rings. The summed E-state index contributed by atoms with van der Waals surface area (Å²) in [7, 11) is -1.95. The molecule has 0 atom stereocenters. The number of fused-ring (bicyclic) bond motifs is 5. The molecule has 52 heavy (non-hydrogen) atoms. The number of benzene rings is 3. The number of ketones is 1. The number of hydrogen-bond acceptors (Lipinski definition) is 5. The van der Waals surface area contributed by atoms with Crippen LogP contribution in [0.15, 0.2) is 71.5 Å². The summed E-state index contributed by atoms with van der Waals surface area (Å²) in [5.41, 5.74) is -0.0787. The number of aromatic nitrogens is 1. The van der Waals surface area contributed by atoms with E-state index in [0.29, 0.717) is 27.4 Å². The maximum Gasteiger partial charge on any atom is 0.455 e. The molecule has 8 rings (SSSR count). The van der Waals surface area contributed by atoms with E-state index in [1.54, 1.807) is 36.4 Å². The Bertz CT molecular complexity index is 2090. The summed E-state index contributed by atoms with van der Waals surface area (Å²) in [5, 5.41) is 12.4. The van der Waals surface area contributed by atoms with Crippen LogP contribution in [-0.2, 0) is 4.57 Å². The zero-order valence-electron chi connectivity index (χ0n) is 29.2. The average Bonchev–Trinajstić information content (AvgIpc) is 3.55. The Morgan fingerprint density at radius 2 is 1.17 bits per heavy atom. The van der Waals surface area contributed by atoms with Crippen LogP contribution in [0, 0.1) is 49.4 Å². The second-order valence-corrected chi connectivity index (χ2v) is 19.4. The molecule has 0 bridgehead atoms. The van der Waals surface area contributed by atoms with Gasteiger partial charge >= 0.3 is 6.18 Å². The van der Waals surface area contributed by atoms with Gasteiger partial charge < -0.3 is 9.67 Å². The number of Topliss-reactive ketones (excluding diaryl/α,β-unsaturated/α-hetero) is 1. The zero-order valence-corrected chi connectivity index (χ0v) is 33.3. The molecule has 3 saturated carbocycles. The summed E-state index contributed by atoms with van der Waals surface area (Å²) in [4.78, 5) is 25.3. The van der Waals surface area contributed by atoms with Gasteiger partial charge in [0, 0.05) is 92.9 Å². The van der Waals surface area contributed by atoms with E-state index in [9.17, 15) is 32.4 Å². The van der Waals surface area contributed by atoms with E-state index in [2.05, 4.69) is 0 Å². The van der Waals surface area contributed by atoms with E-state index in [-0.39, 0.29) is 60.3 Å². The van der Waals surface area contributed by atoms with E-state index in [4.69, 9.17) is 0 Å². The monoisotopic (exact) mass is 888 g/mol. The van der Waals surface area contributed by atoms with Gasteiger partial charge in [0.2, 0.25) is 0 Å². The summed E-state index contributed by atoms with van der Waals surface area (Å²) in [6.45, 7) is 0. The van der Waals surface area contributed by atoms with E-state index < -0.39 is 36.0 Å². The van der Waals surface area contributed by atoms with Gasteiger partial charge in [0.05, 0.1) is 17.4 Å². The number of rotatable bonds is 5. The number of alkyl halides is 3. The minimum atomic E-state index is -5.31. The van der Waals surface area contributed by atoms with Gasteiger partial charge in [-0.25, -0.2) is 0 Å². The SMILES string of the molecule is O=C(c1c(O)c2ccc3c4ccccc4sc3c2n(-c2ccccc2)c1=O)C(F)(F)F.O=P(C1CCCCC1)(C1CCCCC1)C1CCCCC1.[Eu]. The van der Waals surface area contributed by atoms with E-state index in [1.807, 2.05) is 24.3 Å². The molecule has 11 heteroatoms. The van der Waals surface area contributed by atoms with Crippen LogP contribution < -0.4 is 5.56 Å². The van der Waals surface area contributed by atoms with Crippen LogP contribution in [0.3, 0.4) is 0 Å². The predicted octanol–water partition coefficient (Wildman–Crippen LogP) is 12.2. The van der Waals surface area contributed by atoms with Crippen LogP contribution in [0.1, 0.15) is 107 Å². The quantitative estimate of drug-likeness (QED) is 0.141. The van der Waals surface area contributed by atoms with Crippen LogP contribution in [0.25, 0.3) is 36.8 Å². The van der Waals surface area contributed by atoms with Crippen molar-refractivity contribution in [3.8, 4) is 11.4 Å². The van der Waals surface area contributed by atoms with Crippen molar-refractivity contribution in [1.82, 2.24) is 4.57 Å². The first-order chi connectivity index (χ1) is 24.6. The molecule has 277 valence electrons. The molecule has 5 aromatic rings. The van der Waals surface area contributed by atoms with Crippen LogP contribution in [0.5, 0.6) is 5.75 Å². The largest absolute Gasteiger partial charge is 0.506 e. The van der Waals surface area contributed by atoms with Gasteiger partial charge in [-0.05, 0) is 62.8 Å². The van der Waals surface area contributed by atoms with Gasteiger partial charge in [-0.3, -0.25) is 14.2 Å². The fraction of sp³-hybridized carbons (Fsp3) is 0.463. The van der Waals surface area contributed by atoms with Crippen molar-refractivity contribution in [3.63, 3.8) is 0 Å². The smallest absolute Gasteiger partial charge is 0.455 e. The molecule has 2 aromatic heterocycles. The van der Waals surface area contributed by atoms with Crippen molar-refractivity contribution in [2.45, 2.75) is 119 Å². The van der Waals surface area contributed by atoms with Crippen molar-refractivity contribution in [3.05, 3.63) is 82.6 Å². The molecule has 0 spiro atoms. The third-order valence-electron chi connectivity index (χ3n) is 11.6. The molecule has 0 amide bonds. The van der Waals surface area contributed by atoms with Gasteiger partial charge in [-0.2, -0.15) is 13.2 Å². The average molecular weight is 888 g/mol. The van der Waals surface area contributed by atoms with Crippen molar-refractivity contribution < 1.29 is 77.0 Å². The number of pyridine rings is 1. The Morgan fingerprint density at radius 3 is 1.69 bits per heavy atom. The maximum absolute atomic E-state index is 14.3. The molecule has 1 N–H and O–H groups in total. The molecule has 0 unspecified atom stereocenters. The van der Waals surface area contributed by atoms with Crippen molar-refractivity contribution in [1.29, 1.82) is 0 Å². The normalized spacial score (nSPS) is 18.2. The van der Waals surface area contributed by atoms with E-state index in [1.165, 1.54) is 114 Å². The number of nitrogens with zero attached hydrogens (tertiary/aromatic N) is 1. The van der Waals surface area contributed by atoms with Crippen molar-refractivity contribution >= 4 is 55.3 Å².